The van der Waals surface area contributed by atoms with Crippen LogP contribution in [0.15, 0.2) is 20.9 Å². The third kappa shape index (κ3) is 2.46. The Hall–Kier alpha value is -1.05. The number of anilines is 1. The van der Waals surface area contributed by atoms with Crippen molar-refractivity contribution in [3.8, 4) is 0 Å². The van der Waals surface area contributed by atoms with E-state index < -0.39 is 10.0 Å². The first-order chi connectivity index (χ1) is 7.90. The highest BCUT2D eigenvalue weighted by Gasteiger charge is 2.20. The Balaban J connectivity index is 2.33. The van der Waals surface area contributed by atoms with Crippen LogP contribution in [0.4, 0.5) is 5.82 Å². The predicted octanol–water partition coefficient (Wildman–Crippen LogP) is 2.81. The summed E-state index contributed by atoms with van der Waals surface area (Å²) >= 11 is 7.00. The van der Waals surface area contributed by atoms with E-state index in [9.17, 15) is 8.42 Å². The summed E-state index contributed by atoms with van der Waals surface area (Å²) in [6.45, 7) is 3.43. The molecule has 2 rings (SSSR count). The summed E-state index contributed by atoms with van der Waals surface area (Å²) in [4.78, 5) is 0.910. The number of aryl methyl sites for hydroxylation is 2. The predicted molar refractivity (Wildman–Crippen MR) is 66.1 cm³/mol. The highest BCUT2D eigenvalue weighted by Crippen LogP contribution is 2.28. The van der Waals surface area contributed by atoms with Crippen LogP contribution in [0.25, 0.3) is 0 Å². The van der Waals surface area contributed by atoms with Gasteiger partial charge in [0.25, 0.3) is 10.0 Å². The first kappa shape index (κ1) is 12.4. The largest absolute Gasteiger partial charge is 0.358 e. The third-order valence-electron chi connectivity index (χ3n) is 2.00. The van der Waals surface area contributed by atoms with Gasteiger partial charge in [0, 0.05) is 4.88 Å². The fraction of sp³-hybridized carbons (Fsp3) is 0.222. The molecule has 2 aromatic rings. The van der Waals surface area contributed by atoms with Crippen LogP contribution in [-0.4, -0.2) is 13.6 Å². The van der Waals surface area contributed by atoms with E-state index in [1.165, 1.54) is 17.4 Å². The number of nitrogens with zero attached hydrogens (tertiary/aromatic N) is 1. The molecule has 17 heavy (non-hydrogen) atoms. The Kier molecular flexibility index (Phi) is 3.15. The summed E-state index contributed by atoms with van der Waals surface area (Å²) in [5.74, 6) is 0.377. The fourth-order valence-electron chi connectivity index (χ4n) is 1.16. The first-order valence-electron chi connectivity index (χ1n) is 4.61. The molecule has 0 unspecified atom stereocenters. The Labute approximate surface area is 107 Å². The minimum atomic E-state index is -3.64. The molecule has 0 amide bonds. The molecule has 0 spiro atoms. The minimum absolute atomic E-state index is 0.00946. The van der Waals surface area contributed by atoms with Gasteiger partial charge in [0.05, 0.1) is 0 Å². The van der Waals surface area contributed by atoms with Gasteiger partial charge in [-0.3, -0.25) is 4.72 Å². The Morgan fingerprint density at radius 2 is 2.12 bits per heavy atom. The van der Waals surface area contributed by atoms with Gasteiger partial charge >= 0.3 is 0 Å². The minimum Gasteiger partial charge on any atom is -0.358 e. The number of rotatable bonds is 3. The van der Waals surface area contributed by atoms with Crippen LogP contribution in [0.2, 0.25) is 5.02 Å². The van der Waals surface area contributed by atoms with Crippen molar-refractivity contribution in [1.82, 2.24) is 5.16 Å². The van der Waals surface area contributed by atoms with Crippen LogP contribution in [0.1, 0.15) is 10.6 Å². The molecule has 0 aliphatic rings. The Bertz CT molecular complexity index is 645. The smallest absolute Gasteiger partial charge is 0.272 e. The average molecular weight is 293 g/mol. The number of hydrogen-bond donors (Lipinski definition) is 1. The van der Waals surface area contributed by atoms with Gasteiger partial charge in [-0.1, -0.05) is 16.8 Å². The van der Waals surface area contributed by atoms with Crippen molar-refractivity contribution in [2.24, 2.45) is 0 Å². The zero-order chi connectivity index (χ0) is 12.6. The van der Waals surface area contributed by atoms with E-state index >= 15 is 0 Å². The molecule has 92 valence electrons. The lowest BCUT2D eigenvalue weighted by Crippen LogP contribution is -2.11. The second-order valence-electron chi connectivity index (χ2n) is 3.37. The van der Waals surface area contributed by atoms with Crippen LogP contribution < -0.4 is 4.72 Å². The molecule has 1 N–H and O–H groups in total. The van der Waals surface area contributed by atoms with Gasteiger partial charge in [0.2, 0.25) is 5.82 Å². The second kappa shape index (κ2) is 4.32. The van der Waals surface area contributed by atoms with Gasteiger partial charge in [-0.15, -0.1) is 11.3 Å². The maximum atomic E-state index is 11.9. The number of hydrogen-bond acceptors (Lipinski definition) is 5. The lowest BCUT2D eigenvalue weighted by Gasteiger charge is -2.01. The van der Waals surface area contributed by atoms with Crippen molar-refractivity contribution < 1.29 is 12.9 Å². The average Bonchev–Trinajstić information content (AvgIpc) is 2.80. The lowest BCUT2D eigenvalue weighted by atomic mass is 10.5. The van der Waals surface area contributed by atoms with Crippen LogP contribution in [0.3, 0.4) is 0 Å². The number of sulfonamides is 1. The van der Waals surface area contributed by atoms with Crippen molar-refractivity contribution >= 4 is 38.8 Å². The molecule has 0 bridgehead atoms. The molecular weight excluding hydrogens is 284 g/mol. The quantitative estimate of drug-likeness (QED) is 0.944. The number of nitrogens with one attached hydrogen (secondary N) is 1. The normalized spacial score (nSPS) is 11.7. The molecule has 0 fully saturated rings. The maximum absolute atomic E-state index is 11.9. The monoisotopic (exact) mass is 292 g/mol. The molecule has 0 saturated heterocycles. The van der Waals surface area contributed by atoms with Crippen molar-refractivity contribution in [3.63, 3.8) is 0 Å². The van der Waals surface area contributed by atoms with Crippen LogP contribution >= 0.6 is 22.9 Å². The summed E-state index contributed by atoms with van der Waals surface area (Å²) in [5, 5.41) is 3.71. The maximum Gasteiger partial charge on any atom is 0.272 e. The van der Waals surface area contributed by atoms with Crippen molar-refractivity contribution in [2.75, 3.05) is 4.72 Å². The molecule has 0 atom stereocenters. The Morgan fingerprint density at radius 1 is 1.41 bits per heavy atom. The lowest BCUT2D eigenvalue weighted by molar-refractivity contribution is 0.400. The molecule has 8 heteroatoms. The van der Waals surface area contributed by atoms with Gasteiger partial charge < -0.3 is 4.52 Å². The van der Waals surface area contributed by atoms with E-state index in [1.54, 1.807) is 13.0 Å². The number of thiophene rings is 1. The molecule has 0 saturated carbocycles. The standard InChI is InChI=1S/C9H9ClN2O3S2/c1-5-3-4-7(16-5)17(13,14)12-9-8(10)6(2)15-11-9/h3-4H,1-2H3,(H,11,12). The SMILES string of the molecule is Cc1ccc(S(=O)(=O)Nc2noc(C)c2Cl)s1. The highest BCUT2D eigenvalue weighted by atomic mass is 35.5. The molecule has 2 heterocycles. The molecule has 0 aliphatic carbocycles. The fourth-order valence-corrected chi connectivity index (χ4v) is 3.62. The summed E-state index contributed by atoms with van der Waals surface area (Å²) in [5.41, 5.74) is 0. The summed E-state index contributed by atoms with van der Waals surface area (Å²) < 4.78 is 31.1. The molecule has 2 aromatic heterocycles. The first-order valence-corrected chi connectivity index (χ1v) is 7.29. The van der Waals surface area contributed by atoms with Crippen LogP contribution in [0.5, 0.6) is 0 Å². The van der Waals surface area contributed by atoms with Gasteiger partial charge in [-0.2, -0.15) is 0 Å². The number of aromatic nitrogens is 1. The van der Waals surface area contributed by atoms with E-state index in [2.05, 4.69) is 9.88 Å². The van der Waals surface area contributed by atoms with Crippen LogP contribution in [0, 0.1) is 13.8 Å². The van der Waals surface area contributed by atoms with E-state index in [-0.39, 0.29) is 15.0 Å². The molecule has 5 nitrogen and oxygen atoms in total. The summed E-state index contributed by atoms with van der Waals surface area (Å²) in [6.07, 6.45) is 0. The van der Waals surface area contributed by atoms with Crippen molar-refractivity contribution in [3.05, 3.63) is 27.8 Å². The van der Waals surface area contributed by atoms with Crippen molar-refractivity contribution in [1.29, 1.82) is 0 Å². The van der Waals surface area contributed by atoms with Crippen LogP contribution in [-0.2, 0) is 10.0 Å². The van der Waals surface area contributed by atoms with Gasteiger partial charge in [-0.05, 0) is 26.0 Å². The molecule has 0 aliphatic heterocycles. The molecular formula is C9H9ClN2O3S2. The zero-order valence-electron chi connectivity index (χ0n) is 9.02. The summed E-state index contributed by atoms with van der Waals surface area (Å²) in [7, 11) is -3.64. The molecule has 0 radical (unpaired) electrons. The van der Waals surface area contributed by atoms with E-state index in [0.29, 0.717) is 5.76 Å². The van der Waals surface area contributed by atoms with E-state index in [4.69, 9.17) is 16.1 Å². The van der Waals surface area contributed by atoms with Gasteiger partial charge in [-0.25, -0.2) is 8.42 Å². The highest BCUT2D eigenvalue weighted by molar-refractivity contribution is 7.94. The number of halogens is 1. The Morgan fingerprint density at radius 3 is 2.59 bits per heavy atom. The zero-order valence-corrected chi connectivity index (χ0v) is 11.4. The second-order valence-corrected chi connectivity index (χ2v) is 6.95. The third-order valence-corrected chi connectivity index (χ3v) is 5.28. The summed E-state index contributed by atoms with van der Waals surface area (Å²) in [6, 6.07) is 3.26. The van der Waals surface area contributed by atoms with Crippen molar-refractivity contribution in [2.45, 2.75) is 18.1 Å². The van der Waals surface area contributed by atoms with E-state index in [1.807, 2.05) is 6.92 Å². The van der Waals surface area contributed by atoms with Gasteiger partial charge in [0.15, 0.2) is 5.76 Å². The van der Waals surface area contributed by atoms with Gasteiger partial charge in [0.1, 0.15) is 9.23 Å². The molecule has 0 aromatic carbocycles. The van der Waals surface area contributed by atoms with E-state index in [0.717, 1.165) is 4.88 Å². The topological polar surface area (TPSA) is 72.2 Å².